The molecule has 2 aromatic carbocycles. The minimum atomic E-state index is -0.0931. The quantitative estimate of drug-likeness (QED) is 0.711. The third-order valence-electron chi connectivity index (χ3n) is 5.51. The number of benzene rings is 2. The van der Waals surface area contributed by atoms with Crippen molar-refractivity contribution in [1.29, 1.82) is 0 Å². The number of amides is 2. The zero-order valence-electron chi connectivity index (χ0n) is 16.0. The molecule has 0 radical (unpaired) electrons. The summed E-state index contributed by atoms with van der Waals surface area (Å²) in [5.74, 6) is 0.529. The zero-order chi connectivity index (χ0) is 19.2. The van der Waals surface area contributed by atoms with E-state index in [4.69, 9.17) is 0 Å². The summed E-state index contributed by atoms with van der Waals surface area (Å²) in [5, 5.41) is 8.43. The number of hydrogen-bond acceptors (Lipinski definition) is 3. The van der Waals surface area contributed by atoms with Gasteiger partial charge in [0.25, 0.3) is 0 Å². The van der Waals surface area contributed by atoms with Crippen molar-refractivity contribution in [2.75, 3.05) is 24.5 Å². The van der Waals surface area contributed by atoms with Crippen molar-refractivity contribution in [3.05, 3.63) is 72.6 Å². The van der Waals surface area contributed by atoms with Crippen LogP contribution in [-0.2, 0) is 6.54 Å². The molecule has 0 bridgehead atoms. The zero-order valence-corrected chi connectivity index (χ0v) is 16.0. The van der Waals surface area contributed by atoms with Gasteiger partial charge in [-0.15, -0.1) is 0 Å². The Labute approximate surface area is 165 Å². The predicted molar refractivity (Wildman–Crippen MR) is 113 cm³/mol. The molecule has 1 fully saturated rings. The predicted octanol–water partition coefficient (Wildman–Crippen LogP) is 3.95. The van der Waals surface area contributed by atoms with Crippen molar-refractivity contribution >= 4 is 22.5 Å². The van der Waals surface area contributed by atoms with Gasteiger partial charge in [0.2, 0.25) is 0 Å². The number of rotatable bonds is 5. The number of hydrogen-bond donors (Lipinski definition) is 2. The van der Waals surface area contributed by atoms with E-state index in [1.54, 1.807) is 0 Å². The Bertz CT molecular complexity index is 915. The maximum Gasteiger partial charge on any atom is 0.315 e. The lowest BCUT2D eigenvalue weighted by molar-refractivity contribution is 0.237. The van der Waals surface area contributed by atoms with Gasteiger partial charge in [0.05, 0.1) is 0 Å². The van der Waals surface area contributed by atoms with Gasteiger partial charge in [-0.25, -0.2) is 4.79 Å². The van der Waals surface area contributed by atoms with Gasteiger partial charge in [0, 0.05) is 44.3 Å². The first kappa shape index (κ1) is 18.3. The standard InChI is InChI=1S/C23H26N4O/c28-23(26-17-20-6-3-5-19-4-1-2-7-22(19)20)25-16-18-10-14-27(15-11-18)21-8-12-24-13-9-21/h1-9,12-13,18H,10-11,14-17H2,(H2,25,26,28). The van der Waals surface area contributed by atoms with Crippen molar-refractivity contribution < 1.29 is 4.79 Å². The van der Waals surface area contributed by atoms with Crippen LogP contribution >= 0.6 is 0 Å². The van der Waals surface area contributed by atoms with Crippen LogP contribution in [0.15, 0.2) is 67.0 Å². The van der Waals surface area contributed by atoms with Crippen LogP contribution in [0, 0.1) is 5.92 Å². The fourth-order valence-corrected chi connectivity index (χ4v) is 3.87. The first-order chi connectivity index (χ1) is 13.8. The summed E-state index contributed by atoms with van der Waals surface area (Å²) >= 11 is 0. The molecule has 1 aliphatic rings. The number of fused-ring (bicyclic) bond motifs is 1. The number of pyridine rings is 1. The van der Waals surface area contributed by atoms with Gasteiger partial charge >= 0.3 is 6.03 Å². The normalized spacial score (nSPS) is 14.8. The highest BCUT2D eigenvalue weighted by Crippen LogP contribution is 2.22. The second-order valence-electron chi connectivity index (χ2n) is 7.34. The van der Waals surface area contributed by atoms with Crippen LogP contribution in [0.25, 0.3) is 10.8 Å². The maximum absolute atomic E-state index is 12.2. The van der Waals surface area contributed by atoms with Crippen molar-refractivity contribution in [1.82, 2.24) is 15.6 Å². The molecule has 28 heavy (non-hydrogen) atoms. The summed E-state index contributed by atoms with van der Waals surface area (Å²) in [5.41, 5.74) is 2.37. The molecule has 0 saturated carbocycles. The van der Waals surface area contributed by atoms with E-state index in [-0.39, 0.29) is 6.03 Å². The molecule has 5 heteroatoms. The second-order valence-corrected chi connectivity index (χ2v) is 7.34. The van der Waals surface area contributed by atoms with Gasteiger partial charge in [0.15, 0.2) is 0 Å². The maximum atomic E-state index is 12.2. The molecule has 144 valence electrons. The third kappa shape index (κ3) is 4.42. The highest BCUT2D eigenvalue weighted by atomic mass is 16.2. The first-order valence-electron chi connectivity index (χ1n) is 9.93. The Morgan fingerprint density at radius 3 is 2.54 bits per heavy atom. The Kier molecular flexibility index (Phi) is 5.71. The smallest absolute Gasteiger partial charge is 0.315 e. The fraction of sp³-hybridized carbons (Fsp3) is 0.304. The lowest BCUT2D eigenvalue weighted by atomic mass is 9.96. The van der Waals surface area contributed by atoms with E-state index in [1.807, 2.05) is 30.6 Å². The topological polar surface area (TPSA) is 57.3 Å². The summed E-state index contributed by atoms with van der Waals surface area (Å²) in [4.78, 5) is 18.7. The van der Waals surface area contributed by atoms with Crippen LogP contribution in [0.4, 0.5) is 10.5 Å². The second kappa shape index (κ2) is 8.74. The SMILES string of the molecule is O=C(NCc1cccc2ccccc12)NCC1CCN(c2ccncc2)CC1. The summed E-state index contributed by atoms with van der Waals surface area (Å²) in [6.07, 6.45) is 5.85. The summed E-state index contributed by atoms with van der Waals surface area (Å²) in [6.45, 7) is 3.31. The molecular formula is C23H26N4O. The van der Waals surface area contributed by atoms with Gasteiger partial charge in [-0.05, 0) is 47.2 Å². The molecule has 1 saturated heterocycles. The highest BCUT2D eigenvalue weighted by Gasteiger charge is 2.19. The third-order valence-corrected chi connectivity index (χ3v) is 5.51. The lowest BCUT2D eigenvalue weighted by Gasteiger charge is -2.33. The molecule has 0 unspecified atom stereocenters. The Morgan fingerprint density at radius 2 is 1.71 bits per heavy atom. The Balaban J connectivity index is 1.22. The average molecular weight is 374 g/mol. The molecule has 0 spiro atoms. The van der Waals surface area contributed by atoms with E-state index in [9.17, 15) is 4.79 Å². The van der Waals surface area contributed by atoms with Crippen molar-refractivity contribution in [3.63, 3.8) is 0 Å². The molecule has 3 aromatic rings. The largest absolute Gasteiger partial charge is 0.371 e. The van der Waals surface area contributed by atoms with Crippen LogP contribution in [0.1, 0.15) is 18.4 Å². The molecule has 1 aliphatic heterocycles. The number of nitrogens with zero attached hydrogens (tertiary/aromatic N) is 2. The molecule has 4 rings (SSSR count). The van der Waals surface area contributed by atoms with E-state index < -0.39 is 0 Å². The Hall–Kier alpha value is -3.08. The van der Waals surface area contributed by atoms with E-state index in [0.29, 0.717) is 12.5 Å². The molecule has 0 atom stereocenters. The Morgan fingerprint density at radius 1 is 0.964 bits per heavy atom. The number of urea groups is 1. The molecule has 1 aromatic heterocycles. The van der Waals surface area contributed by atoms with Gasteiger partial charge in [-0.3, -0.25) is 4.98 Å². The van der Waals surface area contributed by atoms with Crippen LogP contribution in [0.2, 0.25) is 0 Å². The number of nitrogens with one attached hydrogen (secondary N) is 2. The molecular weight excluding hydrogens is 348 g/mol. The van der Waals surface area contributed by atoms with Crippen LogP contribution < -0.4 is 15.5 Å². The average Bonchev–Trinajstić information content (AvgIpc) is 2.77. The van der Waals surface area contributed by atoms with Gasteiger partial charge in [-0.2, -0.15) is 0 Å². The summed E-state index contributed by atoms with van der Waals surface area (Å²) < 4.78 is 0. The van der Waals surface area contributed by atoms with Gasteiger partial charge in [0.1, 0.15) is 0 Å². The van der Waals surface area contributed by atoms with E-state index in [1.165, 1.54) is 16.5 Å². The van der Waals surface area contributed by atoms with Crippen molar-refractivity contribution in [2.24, 2.45) is 5.92 Å². The van der Waals surface area contributed by atoms with Gasteiger partial charge in [-0.1, -0.05) is 42.5 Å². The number of anilines is 1. The van der Waals surface area contributed by atoms with Crippen LogP contribution in [0.3, 0.4) is 0 Å². The monoisotopic (exact) mass is 374 g/mol. The molecule has 5 nitrogen and oxygen atoms in total. The van der Waals surface area contributed by atoms with Crippen molar-refractivity contribution in [3.8, 4) is 0 Å². The fourth-order valence-electron chi connectivity index (χ4n) is 3.87. The molecule has 2 amide bonds. The van der Waals surface area contributed by atoms with E-state index in [2.05, 4.69) is 56.9 Å². The number of carbonyl (C=O) groups excluding carboxylic acids is 1. The first-order valence-corrected chi connectivity index (χ1v) is 9.93. The van der Waals surface area contributed by atoms with E-state index in [0.717, 1.165) is 38.0 Å². The number of piperidine rings is 1. The van der Waals surface area contributed by atoms with Crippen LogP contribution in [0.5, 0.6) is 0 Å². The van der Waals surface area contributed by atoms with Crippen molar-refractivity contribution in [2.45, 2.75) is 19.4 Å². The molecule has 2 N–H and O–H groups in total. The summed E-state index contributed by atoms with van der Waals surface area (Å²) in [7, 11) is 0. The minimum Gasteiger partial charge on any atom is -0.371 e. The lowest BCUT2D eigenvalue weighted by Crippen LogP contribution is -2.41. The number of carbonyl (C=O) groups is 1. The highest BCUT2D eigenvalue weighted by molar-refractivity contribution is 5.86. The molecule has 2 heterocycles. The summed E-state index contributed by atoms with van der Waals surface area (Å²) in [6, 6.07) is 18.5. The van der Waals surface area contributed by atoms with Gasteiger partial charge < -0.3 is 15.5 Å². The van der Waals surface area contributed by atoms with E-state index >= 15 is 0 Å². The van der Waals surface area contributed by atoms with Crippen LogP contribution in [-0.4, -0.2) is 30.6 Å². The minimum absolute atomic E-state index is 0.0931. The molecule has 0 aliphatic carbocycles. The number of aromatic nitrogens is 1.